The molecule has 0 amide bonds. The maximum atomic E-state index is 13.2. The number of nitrogens with one attached hydrogen (secondary N) is 1. The summed E-state index contributed by atoms with van der Waals surface area (Å²) in [4.78, 5) is 9.27. The monoisotopic (exact) mass is 320 g/mol. The van der Waals surface area contributed by atoms with Crippen LogP contribution in [0, 0.1) is 21.8 Å². The number of nitrogens with zero attached hydrogens (tertiary/aromatic N) is 1. The van der Waals surface area contributed by atoms with Gasteiger partial charge in [0.05, 0.1) is 9.82 Å². The normalized spacial score (nSPS) is 13.1. The molecule has 0 heterocycles. The van der Waals surface area contributed by atoms with Crippen molar-refractivity contribution in [3.05, 3.63) is 34.1 Å². The lowest BCUT2D eigenvalue weighted by molar-refractivity contribution is -0.387. The van der Waals surface area contributed by atoms with E-state index < -0.39 is 26.5 Å². The van der Waals surface area contributed by atoms with Crippen molar-refractivity contribution in [2.24, 2.45) is 5.92 Å². The van der Waals surface area contributed by atoms with Crippen molar-refractivity contribution in [2.75, 3.05) is 13.2 Å². The summed E-state index contributed by atoms with van der Waals surface area (Å²) in [6.07, 6.45) is 1.16. The molecule has 1 aromatic rings. The fourth-order valence-corrected chi connectivity index (χ4v) is 2.72. The van der Waals surface area contributed by atoms with E-state index in [1.165, 1.54) is 0 Å². The second-order valence-electron chi connectivity index (χ2n) is 4.70. The molecular weight excluding hydrogens is 303 g/mol. The second-order valence-corrected chi connectivity index (χ2v) is 6.47. The first kappa shape index (κ1) is 17.5. The van der Waals surface area contributed by atoms with Gasteiger partial charge in [-0.15, -0.1) is 0 Å². The SMILES string of the molecule is CC(CO)CCCNS(=O)(=O)c1ccc(F)c([N+](=O)[O-])c1. The third-order valence-electron chi connectivity index (χ3n) is 2.90. The quantitative estimate of drug-likeness (QED) is 0.428. The van der Waals surface area contributed by atoms with Crippen molar-refractivity contribution < 1.29 is 22.8 Å². The van der Waals surface area contributed by atoms with Gasteiger partial charge in [-0.3, -0.25) is 10.1 Å². The highest BCUT2D eigenvalue weighted by molar-refractivity contribution is 7.89. The summed E-state index contributed by atoms with van der Waals surface area (Å²) in [7, 11) is -3.92. The van der Waals surface area contributed by atoms with Crippen molar-refractivity contribution in [3.63, 3.8) is 0 Å². The molecule has 0 aliphatic heterocycles. The fraction of sp³-hybridized carbons (Fsp3) is 0.500. The Labute approximate surface area is 122 Å². The first-order valence-electron chi connectivity index (χ1n) is 6.32. The molecule has 0 aliphatic rings. The summed E-state index contributed by atoms with van der Waals surface area (Å²) < 4.78 is 39.3. The molecule has 1 unspecified atom stereocenters. The van der Waals surface area contributed by atoms with Crippen LogP contribution in [0.3, 0.4) is 0 Å². The smallest absolute Gasteiger partial charge is 0.306 e. The Morgan fingerprint density at radius 3 is 2.71 bits per heavy atom. The number of rotatable bonds is 8. The summed E-state index contributed by atoms with van der Waals surface area (Å²) in [5, 5.41) is 19.4. The van der Waals surface area contributed by atoms with Gasteiger partial charge in [-0.2, -0.15) is 4.39 Å². The van der Waals surface area contributed by atoms with E-state index in [4.69, 9.17) is 5.11 Å². The third kappa shape index (κ3) is 5.03. The number of benzene rings is 1. The van der Waals surface area contributed by atoms with Crippen LogP contribution in [-0.4, -0.2) is 31.6 Å². The third-order valence-corrected chi connectivity index (χ3v) is 4.36. The summed E-state index contributed by atoms with van der Waals surface area (Å²) in [6, 6.07) is 2.41. The minimum absolute atomic E-state index is 0.0247. The molecule has 1 atom stereocenters. The van der Waals surface area contributed by atoms with Gasteiger partial charge in [-0.25, -0.2) is 13.1 Å². The molecule has 0 aromatic heterocycles. The number of halogens is 1. The van der Waals surface area contributed by atoms with E-state index in [0.29, 0.717) is 18.9 Å². The largest absolute Gasteiger partial charge is 0.396 e. The highest BCUT2D eigenvalue weighted by Gasteiger charge is 2.21. The number of sulfonamides is 1. The molecule has 118 valence electrons. The number of nitro groups is 1. The van der Waals surface area contributed by atoms with E-state index in [0.717, 1.165) is 12.1 Å². The van der Waals surface area contributed by atoms with Crippen LogP contribution in [0.25, 0.3) is 0 Å². The Kier molecular flexibility index (Phi) is 6.19. The topological polar surface area (TPSA) is 110 Å². The molecule has 0 bridgehead atoms. The molecule has 0 fully saturated rings. The van der Waals surface area contributed by atoms with Gasteiger partial charge in [0.15, 0.2) is 0 Å². The number of hydrogen-bond acceptors (Lipinski definition) is 5. The first-order valence-corrected chi connectivity index (χ1v) is 7.80. The molecule has 7 nitrogen and oxygen atoms in total. The van der Waals surface area contributed by atoms with Gasteiger partial charge < -0.3 is 5.11 Å². The fourth-order valence-electron chi connectivity index (χ4n) is 1.63. The first-order chi connectivity index (χ1) is 9.77. The Balaban J connectivity index is 2.75. The Morgan fingerprint density at radius 2 is 2.14 bits per heavy atom. The molecule has 0 aliphatic carbocycles. The lowest BCUT2D eigenvalue weighted by Crippen LogP contribution is -2.25. The second kappa shape index (κ2) is 7.43. The zero-order valence-corrected chi connectivity index (χ0v) is 12.3. The summed E-state index contributed by atoms with van der Waals surface area (Å²) >= 11 is 0. The maximum absolute atomic E-state index is 13.2. The average Bonchev–Trinajstić information content (AvgIpc) is 2.43. The number of aliphatic hydroxyl groups is 1. The van der Waals surface area contributed by atoms with Crippen LogP contribution in [0.2, 0.25) is 0 Å². The zero-order chi connectivity index (χ0) is 16.0. The highest BCUT2D eigenvalue weighted by atomic mass is 32.2. The molecular formula is C12H17FN2O5S. The maximum Gasteiger partial charge on any atom is 0.306 e. The van der Waals surface area contributed by atoms with Crippen LogP contribution in [0.1, 0.15) is 19.8 Å². The highest BCUT2D eigenvalue weighted by Crippen LogP contribution is 2.21. The van der Waals surface area contributed by atoms with Crippen LogP contribution in [0.5, 0.6) is 0 Å². The molecule has 0 spiro atoms. The van der Waals surface area contributed by atoms with E-state index in [9.17, 15) is 22.9 Å². The van der Waals surface area contributed by atoms with E-state index in [2.05, 4.69) is 4.72 Å². The number of aliphatic hydroxyl groups excluding tert-OH is 1. The van der Waals surface area contributed by atoms with Gasteiger partial charge in [0.25, 0.3) is 0 Å². The Morgan fingerprint density at radius 1 is 1.48 bits per heavy atom. The van der Waals surface area contributed by atoms with Crippen molar-refractivity contribution >= 4 is 15.7 Å². The van der Waals surface area contributed by atoms with Crippen LogP contribution >= 0.6 is 0 Å². The Bertz CT molecular complexity index is 606. The van der Waals surface area contributed by atoms with Crippen molar-refractivity contribution in [2.45, 2.75) is 24.7 Å². The van der Waals surface area contributed by atoms with Gasteiger partial charge in [-0.1, -0.05) is 6.92 Å². The molecule has 2 N–H and O–H groups in total. The molecule has 21 heavy (non-hydrogen) atoms. The van der Waals surface area contributed by atoms with Crippen LogP contribution in [0.4, 0.5) is 10.1 Å². The predicted octanol–water partition coefficient (Wildman–Crippen LogP) is 1.42. The van der Waals surface area contributed by atoms with Gasteiger partial charge in [-0.05, 0) is 30.9 Å². The van der Waals surface area contributed by atoms with Gasteiger partial charge in [0.1, 0.15) is 0 Å². The van der Waals surface area contributed by atoms with Crippen molar-refractivity contribution in [3.8, 4) is 0 Å². The lowest BCUT2D eigenvalue weighted by atomic mass is 10.1. The molecule has 1 rings (SSSR count). The number of hydrogen-bond donors (Lipinski definition) is 2. The molecule has 1 aromatic carbocycles. The van der Waals surface area contributed by atoms with E-state index >= 15 is 0 Å². The van der Waals surface area contributed by atoms with Crippen LogP contribution < -0.4 is 4.72 Å². The molecule has 0 saturated carbocycles. The van der Waals surface area contributed by atoms with E-state index in [1.807, 2.05) is 6.92 Å². The molecule has 0 radical (unpaired) electrons. The van der Waals surface area contributed by atoms with Gasteiger partial charge >= 0.3 is 5.69 Å². The van der Waals surface area contributed by atoms with E-state index in [-0.39, 0.29) is 24.0 Å². The van der Waals surface area contributed by atoms with Gasteiger partial charge in [0.2, 0.25) is 15.8 Å². The van der Waals surface area contributed by atoms with Crippen molar-refractivity contribution in [1.82, 2.24) is 4.72 Å². The van der Waals surface area contributed by atoms with Crippen LogP contribution in [0.15, 0.2) is 23.1 Å². The van der Waals surface area contributed by atoms with E-state index in [1.54, 1.807) is 0 Å². The van der Waals surface area contributed by atoms with Crippen LogP contribution in [-0.2, 0) is 10.0 Å². The summed E-state index contributed by atoms with van der Waals surface area (Å²) in [5.41, 5.74) is -0.883. The Hall–Kier alpha value is -1.58. The van der Waals surface area contributed by atoms with Gasteiger partial charge in [0, 0.05) is 19.2 Å². The number of nitro benzene ring substituents is 1. The predicted molar refractivity (Wildman–Crippen MR) is 73.7 cm³/mol. The molecule has 0 saturated heterocycles. The van der Waals surface area contributed by atoms with Crippen molar-refractivity contribution in [1.29, 1.82) is 0 Å². The standard InChI is InChI=1S/C12H17FN2O5S/c1-9(8-16)3-2-6-14-21(19,20)10-4-5-11(13)12(7-10)15(17)18/h4-5,7,9,14,16H,2-3,6,8H2,1H3. The molecule has 9 heteroatoms. The minimum atomic E-state index is -3.92. The summed E-state index contributed by atoms with van der Waals surface area (Å²) in [6.45, 7) is 1.99. The minimum Gasteiger partial charge on any atom is -0.396 e. The zero-order valence-electron chi connectivity index (χ0n) is 11.5. The average molecular weight is 320 g/mol. The lowest BCUT2D eigenvalue weighted by Gasteiger charge is -2.09. The summed E-state index contributed by atoms with van der Waals surface area (Å²) in [5.74, 6) is -1.02.